The van der Waals surface area contributed by atoms with Gasteiger partial charge >= 0.3 is 0 Å². The molecule has 2 heterocycles. The third-order valence-corrected chi connectivity index (χ3v) is 6.68. The average molecular weight is 421 g/mol. The van der Waals surface area contributed by atoms with Gasteiger partial charge in [-0.15, -0.1) is 10.2 Å². The van der Waals surface area contributed by atoms with Crippen LogP contribution in [-0.4, -0.2) is 43.4 Å². The molecule has 1 saturated heterocycles. The van der Waals surface area contributed by atoms with E-state index in [2.05, 4.69) is 64.7 Å². The minimum absolute atomic E-state index is 0.180. The minimum Gasteiger partial charge on any atom is -0.337 e. The molecular weight excluding hydrogens is 392 g/mol. The smallest absolute Gasteiger partial charge is 0.233 e. The second kappa shape index (κ2) is 9.04. The molecular formula is C24H28N4OS. The van der Waals surface area contributed by atoms with Crippen molar-refractivity contribution in [2.24, 2.45) is 0 Å². The van der Waals surface area contributed by atoms with Crippen molar-refractivity contribution in [3.05, 3.63) is 60.2 Å². The van der Waals surface area contributed by atoms with E-state index in [1.54, 1.807) is 0 Å². The monoisotopic (exact) mass is 420 g/mol. The predicted octanol–water partition coefficient (Wildman–Crippen LogP) is 5.12. The molecule has 1 aliphatic heterocycles. The number of nitrogens with zero attached hydrogens (tertiary/aromatic N) is 4. The third kappa shape index (κ3) is 4.29. The summed E-state index contributed by atoms with van der Waals surface area (Å²) < 4.78 is 2.05. The van der Waals surface area contributed by atoms with Gasteiger partial charge in [0, 0.05) is 23.3 Å². The van der Waals surface area contributed by atoms with E-state index in [1.165, 1.54) is 23.7 Å². The predicted molar refractivity (Wildman–Crippen MR) is 122 cm³/mol. The van der Waals surface area contributed by atoms with Gasteiger partial charge in [-0.3, -0.25) is 9.36 Å². The lowest BCUT2D eigenvalue weighted by atomic mass is 9.98. The molecule has 30 heavy (non-hydrogen) atoms. The summed E-state index contributed by atoms with van der Waals surface area (Å²) in [5, 5.41) is 9.66. The fourth-order valence-corrected chi connectivity index (χ4v) is 5.00. The molecule has 156 valence electrons. The number of benzene rings is 2. The first-order chi connectivity index (χ1) is 14.5. The standard InChI is InChI=1S/C24H28N4OS/c1-17-12-14-21(15-13-17)28-23(20-10-5-4-6-11-20)25-26-24(28)30-16-22(29)27-18(2)8-7-9-19(27)3/h4-6,10-15,18-19H,7-9,16H2,1-3H3/t18-,19-/m0/s1. The summed E-state index contributed by atoms with van der Waals surface area (Å²) in [6.07, 6.45) is 3.36. The highest BCUT2D eigenvalue weighted by Gasteiger charge is 2.29. The normalized spacial score (nSPS) is 19.1. The van der Waals surface area contributed by atoms with Crippen LogP contribution < -0.4 is 0 Å². The van der Waals surface area contributed by atoms with Crippen LogP contribution in [0.4, 0.5) is 0 Å². The van der Waals surface area contributed by atoms with Gasteiger partial charge in [-0.2, -0.15) is 0 Å². The quantitative estimate of drug-likeness (QED) is 0.537. The molecule has 0 bridgehead atoms. The van der Waals surface area contributed by atoms with Gasteiger partial charge in [0.15, 0.2) is 11.0 Å². The molecule has 3 aromatic rings. The Bertz CT molecular complexity index is 990. The van der Waals surface area contributed by atoms with Crippen molar-refractivity contribution >= 4 is 17.7 Å². The number of piperidine rings is 1. The summed E-state index contributed by atoms with van der Waals surface area (Å²) >= 11 is 1.47. The highest BCUT2D eigenvalue weighted by molar-refractivity contribution is 7.99. The topological polar surface area (TPSA) is 51.0 Å². The van der Waals surface area contributed by atoms with Crippen molar-refractivity contribution in [2.75, 3.05) is 5.75 Å². The maximum absolute atomic E-state index is 13.0. The molecule has 1 aromatic heterocycles. The minimum atomic E-state index is 0.180. The van der Waals surface area contributed by atoms with E-state index in [4.69, 9.17) is 0 Å². The van der Waals surface area contributed by atoms with E-state index < -0.39 is 0 Å². The van der Waals surface area contributed by atoms with Crippen LogP contribution in [0.15, 0.2) is 59.8 Å². The summed E-state index contributed by atoms with van der Waals surface area (Å²) in [5.41, 5.74) is 3.20. The molecule has 2 aromatic carbocycles. The molecule has 4 rings (SSSR count). The first-order valence-electron chi connectivity index (χ1n) is 10.6. The van der Waals surface area contributed by atoms with Crippen molar-refractivity contribution in [3.8, 4) is 17.1 Å². The Morgan fingerprint density at radius 3 is 2.33 bits per heavy atom. The summed E-state index contributed by atoms with van der Waals surface area (Å²) in [6.45, 7) is 6.38. The van der Waals surface area contributed by atoms with Crippen molar-refractivity contribution in [3.63, 3.8) is 0 Å². The Balaban J connectivity index is 1.62. The van der Waals surface area contributed by atoms with Crippen LogP contribution in [0.2, 0.25) is 0 Å². The van der Waals surface area contributed by atoms with Gasteiger partial charge in [0.25, 0.3) is 0 Å². The molecule has 0 spiro atoms. The van der Waals surface area contributed by atoms with E-state index in [0.717, 1.165) is 35.1 Å². The molecule has 5 nitrogen and oxygen atoms in total. The summed E-state index contributed by atoms with van der Waals surface area (Å²) in [5.74, 6) is 1.33. The number of amides is 1. The molecule has 2 atom stereocenters. The number of hydrogen-bond acceptors (Lipinski definition) is 4. The fraction of sp³-hybridized carbons (Fsp3) is 0.375. The number of aryl methyl sites for hydroxylation is 1. The molecule has 1 fully saturated rings. The van der Waals surface area contributed by atoms with Crippen LogP contribution in [0.5, 0.6) is 0 Å². The van der Waals surface area contributed by atoms with Crippen LogP contribution in [0.3, 0.4) is 0 Å². The lowest BCUT2D eigenvalue weighted by Gasteiger charge is -2.39. The lowest BCUT2D eigenvalue weighted by Crippen LogP contribution is -2.48. The van der Waals surface area contributed by atoms with Crippen molar-refractivity contribution in [1.29, 1.82) is 0 Å². The molecule has 1 aliphatic rings. The number of thioether (sulfide) groups is 1. The summed E-state index contributed by atoms with van der Waals surface area (Å²) in [4.78, 5) is 15.1. The second-order valence-electron chi connectivity index (χ2n) is 8.06. The SMILES string of the molecule is Cc1ccc(-n2c(SCC(=O)N3[C@@H](C)CCC[C@@H]3C)nnc2-c2ccccc2)cc1. The second-order valence-corrected chi connectivity index (χ2v) is 9.00. The van der Waals surface area contributed by atoms with Crippen LogP contribution in [0, 0.1) is 6.92 Å². The lowest BCUT2D eigenvalue weighted by molar-refractivity contribution is -0.134. The van der Waals surface area contributed by atoms with Crippen LogP contribution in [-0.2, 0) is 4.79 Å². The van der Waals surface area contributed by atoms with Gasteiger partial charge in [-0.1, -0.05) is 59.8 Å². The van der Waals surface area contributed by atoms with Gasteiger partial charge in [0.05, 0.1) is 5.75 Å². The van der Waals surface area contributed by atoms with E-state index in [0.29, 0.717) is 17.8 Å². The molecule has 0 unspecified atom stereocenters. The first-order valence-corrected chi connectivity index (χ1v) is 11.5. The highest BCUT2D eigenvalue weighted by Crippen LogP contribution is 2.29. The van der Waals surface area contributed by atoms with E-state index in [9.17, 15) is 4.79 Å². The Morgan fingerprint density at radius 1 is 1.00 bits per heavy atom. The zero-order valence-electron chi connectivity index (χ0n) is 17.8. The van der Waals surface area contributed by atoms with Crippen LogP contribution >= 0.6 is 11.8 Å². The molecule has 0 aliphatic carbocycles. The highest BCUT2D eigenvalue weighted by atomic mass is 32.2. The number of hydrogen-bond donors (Lipinski definition) is 0. The van der Waals surface area contributed by atoms with Gasteiger partial charge in [0.2, 0.25) is 5.91 Å². The zero-order valence-corrected chi connectivity index (χ0v) is 18.6. The van der Waals surface area contributed by atoms with Crippen molar-refractivity contribution < 1.29 is 4.79 Å². The van der Waals surface area contributed by atoms with Crippen LogP contribution in [0.25, 0.3) is 17.1 Å². The maximum Gasteiger partial charge on any atom is 0.233 e. The van der Waals surface area contributed by atoms with E-state index in [-0.39, 0.29) is 5.91 Å². The number of carbonyl (C=O) groups is 1. The fourth-order valence-electron chi connectivity index (χ4n) is 4.18. The average Bonchev–Trinajstić information content (AvgIpc) is 3.17. The number of likely N-dealkylation sites (tertiary alicyclic amines) is 1. The van der Waals surface area contributed by atoms with Crippen LogP contribution in [0.1, 0.15) is 38.7 Å². The molecule has 0 saturated carbocycles. The van der Waals surface area contributed by atoms with E-state index in [1.807, 2.05) is 30.3 Å². The maximum atomic E-state index is 13.0. The molecule has 0 radical (unpaired) electrons. The Labute approximate surface area is 182 Å². The number of carbonyl (C=O) groups excluding carboxylic acids is 1. The molecule has 0 N–H and O–H groups in total. The molecule has 1 amide bonds. The van der Waals surface area contributed by atoms with Gasteiger partial charge in [0.1, 0.15) is 0 Å². The molecule has 6 heteroatoms. The van der Waals surface area contributed by atoms with Crippen molar-refractivity contribution in [1.82, 2.24) is 19.7 Å². The third-order valence-electron chi connectivity index (χ3n) is 5.76. The van der Waals surface area contributed by atoms with Crippen molar-refractivity contribution in [2.45, 2.75) is 57.3 Å². The van der Waals surface area contributed by atoms with Gasteiger partial charge < -0.3 is 4.90 Å². The number of aromatic nitrogens is 3. The first kappa shape index (κ1) is 20.7. The number of rotatable bonds is 5. The Hall–Kier alpha value is -2.60. The Kier molecular flexibility index (Phi) is 6.23. The zero-order chi connectivity index (χ0) is 21.1. The summed E-state index contributed by atoms with van der Waals surface area (Å²) in [6, 6.07) is 19.0. The van der Waals surface area contributed by atoms with E-state index >= 15 is 0 Å². The Morgan fingerprint density at radius 2 is 1.67 bits per heavy atom. The summed E-state index contributed by atoms with van der Waals surface area (Å²) in [7, 11) is 0. The van der Waals surface area contributed by atoms with Gasteiger partial charge in [-0.05, 0) is 52.2 Å². The largest absolute Gasteiger partial charge is 0.337 e. The van der Waals surface area contributed by atoms with Gasteiger partial charge in [-0.25, -0.2) is 0 Å².